The number of nitrogens with one attached hydrogen (secondary N) is 1. The zero-order valence-electron chi connectivity index (χ0n) is 12.1. The van der Waals surface area contributed by atoms with Crippen LogP contribution in [0.4, 0.5) is 0 Å². The van der Waals surface area contributed by atoms with Gasteiger partial charge in [0.2, 0.25) is 0 Å². The van der Waals surface area contributed by atoms with Crippen molar-refractivity contribution in [1.29, 1.82) is 0 Å². The Labute approximate surface area is 134 Å². The number of fused-ring (bicyclic) bond motifs is 1. The van der Waals surface area contributed by atoms with E-state index in [9.17, 15) is 0 Å². The van der Waals surface area contributed by atoms with Crippen molar-refractivity contribution in [2.45, 2.75) is 26.4 Å². The molecule has 1 N–H and O–H groups in total. The second kappa shape index (κ2) is 6.65. The molecule has 0 radical (unpaired) electrons. The van der Waals surface area contributed by atoms with Crippen LogP contribution in [0.2, 0.25) is 4.34 Å². The molecule has 0 spiro atoms. The van der Waals surface area contributed by atoms with E-state index in [2.05, 4.69) is 53.2 Å². The van der Waals surface area contributed by atoms with E-state index < -0.39 is 0 Å². The van der Waals surface area contributed by atoms with E-state index in [1.807, 2.05) is 6.07 Å². The molecule has 3 aromatic rings. The van der Waals surface area contributed by atoms with Crippen LogP contribution in [0.15, 0.2) is 42.5 Å². The Hall–Kier alpha value is -1.29. The molecule has 0 atom stereocenters. The van der Waals surface area contributed by atoms with Crippen LogP contribution in [0.1, 0.15) is 23.9 Å². The van der Waals surface area contributed by atoms with Gasteiger partial charge in [0, 0.05) is 22.6 Å². The SMILES string of the molecule is CCCNCc1cc2ccccc2n1Cc1ccc(Cl)s1. The second-order valence-electron chi connectivity index (χ2n) is 5.16. The summed E-state index contributed by atoms with van der Waals surface area (Å²) in [6.45, 7) is 5.03. The van der Waals surface area contributed by atoms with Gasteiger partial charge in [-0.1, -0.05) is 36.7 Å². The Balaban J connectivity index is 1.94. The first kappa shape index (κ1) is 14.6. The Morgan fingerprint density at radius 2 is 2.05 bits per heavy atom. The molecular formula is C17H19ClN2S. The van der Waals surface area contributed by atoms with E-state index in [4.69, 9.17) is 11.6 Å². The van der Waals surface area contributed by atoms with Crippen molar-refractivity contribution in [3.63, 3.8) is 0 Å². The Morgan fingerprint density at radius 3 is 2.81 bits per heavy atom. The molecule has 3 rings (SSSR count). The first-order valence-corrected chi connectivity index (χ1v) is 8.49. The first-order chi connectivity index (χ1) is 10.3. The maximum absolute atomic E-state index is 6.06. The van der Waals surface area contributed by atoms with E-state index in [0.29, 0.717) is 0 Å². The summed E-state index contributed by atoms with van der Waals surface area (Å²) in [6, 6.07) is 14.9. The zero-order valence-corrected chi connectivity index (χ0v) is 13.7. The topological polar surface area (TPSA) is 17.0 Å². The molecule has 0 aliphatic heterocycles. The lowest BCUT2D eigenvalue weighted by molar-refractivity contribution is 0.638. The fraction of sp³-hybridized carbons (Fsp3) is 0.294. The molecule has 2 nitrogen and oxygen atoms in total. The molecule has 21 heavy (non-hydrogen) atoms. The average Bonchev–Trinajstić information content (AvgIpc) is 3.05. The minimum Gasteiger partial charge on any atom is -0.338 e. The van der Waals surface area contributed by atoms with Gasteiger partial charge in [-0.25, -0.2) is 0 Å². The van der Waals surface area contributed by atoms with E-state index in [1.54, 1.807) is 11.3 Å². The fourth-order valence-corrected chi connectivity index (χ4v) is 3.66. The third-order valence-electron chi connectivity index (χ3n) is 3.57. The molecule has 110 valence electrons. The van der Waals surface area contributed by atoms with Crippen molar-refractivity contribution in [3.05, 3.63) is 57.4 Å². The highest BCUT2D eigenvalue weighted by atomic mass is 35.5. The molecule has 0 fully saturated rings. The molecule has 0 bridgehead atoms. The number of nitrogens with zero attached hydrogens (tertiary/aromatic N) is 1. The number of halogens is 1. The molecule has 4 heteroatoms. The number of benzene rings is 1. The third kappa shape index (κ3) is 3.31. The summed E-state index contributed by atoms with van der Waals surface area (Å²) in [5.41, 5.74) is 2.62. The normalized spacial score (nSPS) is 11.3. The monoisotopic (exact) mass is 318 g/mol. The van der Waals surface area contributed by atoms with Gasteiger partial charge in [0.25, 0.3) is 0 Å². The molecule has 0 aliphatic rings. The summed E-state index contributed by atoms with van der Waals surface area (Å²) in [7, 11) is 0. The van der Waals surface area contributed by atoms with Crippen molar-refractivity contribution in [2.75, 3.05) is 6.54 Å². The highest BCUT2D eigenvalue weighted by molar-refractivity contribution is 7.16. The maximum Gasteiger partial charge on any atom is 0.0931 e. The van der Waals surface area contributed by atoms with Gasteiger partial charge in [-0.05, 0) is 42.6 Å². The molecule has 0 saturated heterocycles. The van der Waals surface area contributed by atoms with Gasteiger partial charge in [-0.15, -0.1) is 11.3 Å². The maximum atomic E-state index is 6.06. The Bertz CT molecular complexity index is 729. The number of aromatic nitrogens is 1. The van der Waals surface area contributed by atoms with Crippen LogP contribution in [-0.4, -0.2) is 11.1 Å². The predicted octanol–water partition coefficient (Wildman–Crippen LogP) is 4.90. The van der Waals surface area contributed by atoms with Crippen LogP contribution >= 0.6 is 22.9 Å². The summed E-state index contributed by atoms with van der Waals surface area (Å²) in [6.07, 6.45) is 1.15. The van der Waals surface area contributed by atoms with E-state index >= 15 is 0 Å². The van der Waals surface area contributed by atoms with Gasteiger partial charge in [-0.3, -0.25) is 0 Å². The number of para-hydroxylation sites is 1. The number of thiophene rings is 1. The van der Waals surface area contributed by atoms with Crippen LogP contribution < -0.4 is 5.32 Å². The van der Waals surface area contributed by atoms with E-state index in [0.717, 1.165) is 30.4 Å². The standard InChI is InChI=1S/C17H19ClN2S/c1-2-9-19-11-14-10-13-5-3-4-6-16(13)20(14)12-15-7-8-17(18)21-15/h3-8,10,19H,2,9,11-12H2,1H3. The van der Waals surface area contributed by atoms with Gasteiger partial charge >= 0.3 is 0 Å². The van der Waals surface area contributed by atoms with Gasteiger partial charge in [0.05, 0.1) is 10.9 Å². The lowest BCUT2D eigenvalue weighted by atomic mass is 10.2. The summed E-state index contributed by atoms with van der Waals surface area (Å²) >= 11 is 7.71. The smallest absolute Gasteiger partial charge is 0.0931 e. The number of hydrogen-bond donors (Lipinski definition) is 1. The molecule has 0 aliphatic carbocycles. The quantitative estimate of drug-likeness (QED) is 0.639. The largest absolute Gasteiger partial charge is 0.338 e. The first-order valence-electron chi connectivity index (χ1n) is 7.30. The summed E-state index contributed by atoms with van der Waals surface area (Å²) in [4.78, 5) is 1.29. The Kier molecular flexibility index (Phi) is 4.63. The van der Waals surface area contributed by atoms with Gasteiger partial charge in [-0.2, -0.15) is 0 Å². The third-order valence-corrected chi connectivity index (χ3v) is 4.79. The van der Waals surface area contributed by atoms with E-state index in [-0.39, 0.29) is 0 Å². The fourth-order valence-electron chi connectivity index (χ4n) is 2.59. The van der Waals surface area contributed by atoms with E-state index in [1.165, 1.54) is 21.5 Å². The minimum absolute atomic E-state index is 0.854. The van der Waals surface area contributed by atoms with Crippen molar-refractivity contribution >= 4 is 33.8 Å². The van der Waals surface area contributed by atoms with Crippen molar-refractivity contribution < 1.29 is 0 Å². The molecular weight excluding hydrogens is 300 g/mol. The van der Waals surface area contributed by atoms with Crippen LogP contribution in [0.5, 0.6) is 0 Å². The van der Waals surface area contributed by atoms with Gasteiger partial charge in [0.1, 0.15) is 0 Å². The lowest BCUT2D eigenvalue weighted by Gasteiger charge is -2.10. The summed E-state index contributed by atoms with van der Waals surface area (Å²) in [5, 5.41) is 4.80. The number of hydrogen-bond acceptors (Lipinski definition) is 2. The molecule has 0 unspecified atom stereocenters. The van der Waals surface area contributed by atoms with Crippen LogP contribution in [0, 0.1) is 0 Å². The summed E-state index contributed by atoms with van der Waals surface area (Å²) < 4.78 is 3.24. The average molecular weight is 319 g/mol. The van der Waals surface area contributed by atoms with Crippen LogP contribution in [-0.2, 0) is 13.1 Å². The summed E-state index contributed by atoms with van der Waals surface area (Å²) in [5.74, 6) is 0. The van der Waals surface area contributed by atoms with Crippen LogP contribution in [0.25, 0.3) is 10.9 Å². The van der Waals surface area contributed by atoms with Crippen molar-refractivity contribution in [1.82, 2.24) is 9.88 Å². The molecule has 2 heterocycles. The molecule has 0 amide bonds. The van der Waals surface area contributed by atoms with Crippen molar-refractivity contribution in [2.24, 2.45) is 0 Å². The highest BCUT2D eigenvalue weighted by Crippen LogP contribution is 2.26. The highest BCUT2D eigenvalue weighted by Gasteiger charge is 2.09. The van der Waals surface area contributed by atoms with Crippen molar-refractivity contribution in [3.8, 4) is 0 Å². The molecule has 0 saturated carbocycles. The van der Waals surface area contributed by atoms with Gasteiger partial charge in [0.15, 0.2) is 0 Å². The Morgan fingerprint density at radius 1 is 1.19 bits per heavy atom. The van der Waals surface area contributed by atoms with Crippen LogP contribution in [0.3, 0.4) is 0 Å². The zero-order chi connectivity index (χ0) is 14.7. The number of rotatable bonds is 6. The molecule has 2 aromatic heterocycles. The second-order valence-corrected chi connectivity index (χ2v) is 6.96. The predicted molar refractivity (Wildman–Crippen MR) is 92.4 cm³/mol. The molecule has 1 aromatic carbocycles. The lowest BCUT2D eigenvalue weighted by Crippen LogP contribution is -2.17. The minimum atomic E-state index is 0.854. The van der Waals surface area contributed by atoms with Gasteiger partial charge < -0.3 is 9.88 Å².